The van der Waals surface area contributed by atoms with Gasteiger partial charge in [0, 0.05) is 23.8 Å². The van der Waals surface area contributed by atoms with Gasteiger partial charge in [-0.15, -0.1) is 21.5 Å². The minimum absolute atomic E-state index is 0.0836. The second kappa shape index (κ2) is 9.44. The van der Waals surface area contributed by atoms with Gasteiger partial charge in [0.15, 0.2) is 5.16 Å². The smallest absolute Gasteiger partial charge is 0.231 e. The molecule has 3 aromatic rings. The van der Waals surface area contributed by atoms with Gasteiger partial charge in [-0.25, -0.2) is 0 Å². The average molecular weight is 442 g/mol. The van der Waals surface area contributed by atoms with Gasteiger partial charge in [0.2, 0.25) is 11.8 Å². The predicted octanol–water partition coefficient (Wildman–Crippen LogP) is 3.09. The Kier molecular flexibility index (Phi) is 6.49. The Morgan fingerprint density at radius 1 is 1.20 bits per heavy atom. The van der Waals surface area contributed by atoms with Gasteiger partial charge in [-0.2, -0.15) is 0 Å². The number of thiophene rings is 1. The Labute approximate surface area is 183 Å². The number of thioether (sulfide) groups is 1. The number of carbonyl (C=O) groups excluding carboxylic acids is 2. The molecule has 0 spiro atoms. The molecule has 4 rings (SSSR count). The molecule has 2 heterocycles. The van der Waals surface area contributed by atoms with Crippen LogP contribution in [-0.4, -0.2) is 32.3 Å². The molecule has 0 saturated heterocycles. The molecule has 1 fully saturated rings. The molecule has 9 heteroatoms. The third-order valence-electron chi connectivity index (χ3n) is 4.87. The van der Waals surface area contributed by atoms with Crippen molar-refractivity contribution in [3.05, 3.63) is 64.1 Å². The predicted molar refractivity (Wildman–Crippen MR) is 117 cm³/mol. The largest absolute Gasteiger partial charge is 0.370 e. The number of nitrogens with one attached hydrogen (secondary N) is 1. The van der Waals surface area contributed by atoms with Gasteiger partial charge in [0.25, 0.3) is 0 Å². The molecule has 1 atom stereocenters. The number of hydrogen-bond acceptors (Lipinski definition) is 6. The first-order valence-corrected chi connectivity index (χ1v) is 11.7. The standard InChI is InChI=1S/C21H23N5O2S2/c22-17(27)10-11-26-20(15-8-9-15)24-25-21(26)30-13-18(28)23-19(16-7-4-12-29-16)14-5-2-1-3-6-14/h1-7,12,15,19H,8-11,13H2,(H2,22,27)(H,23,28). The Balaban J connectivity index is 1.43. The Morgan fingerprint density at radius 2 is 2.00 bits per heavy atom. The minimum Gasteiger partial charge on any atom is -0.370 e. The molecule has 0 bridgehead atoms. The summed E-state index contributed by atoms with van der Waals surface area (Å²) in [6.45, 7) is 0.444. The number of benzene rings is 1. The second-order valence-corrected chi connectivity index (χ2v) is 9.12. The molecular formula is C21H23N5O2S2. The molecule has 2 aromatic heterocycles. The van der Waals surface area contributed by atoms with Crippen LogP contribution in [0.3, 0.4) is 0 Å². The maximum Gasteiger partial charge on any atom is 0.231 e. The summed E-state index contributed by atoms with van der Waals surface area (Å²) in [4.78, 5) is 25.1. The summed E-state index contributed by atoms with van der Waals surface area (Å²) in [5.41, 5.74) is 6.36. The molecule has 0 radical (unpaired) electrons. The summed E-state index contributed by atoms with van der Waals surface area (Å²) in [5, 5.41) is 14.4. The van der Waals surface area contributed by atoms with Crippen LogP contribution < -0.4 is 11.1 Å². The number of amides is 2. The highest BCUT2D eigenvalue weighted by Gasteiger charge is 2.30. The molecule has 3 N–H and O–H groups in total. The Hall–Kier alpha value is -2.65. The van der Waals surface area contributed by atoms with Crippen molar-refractivity contribution in [2.45, 2.75) is 42.9 Å². The van der Waals surface area contributed by atoms with Crippen molar-refractivity contribution >= 4 is 34.9 Å². The van der Waals surface area contributed by atoms with Gasteiger partial charge < -0.3 is 15.6 Å². The van der Waals surface area contributed by atoms with E-state index in [2.05, 4.69) is 15.5 Å². The number of nitrogens with zero attached hydrogens (tertiary/aromatic N) is 3. The van der Waals surface area contributed by atoms with E-state index in [1.807, 2.05) is 52.4 Å². The number of nitrogens with two attached hydrogens (primary N) is 1. The maximum absolute atomic E-state index is 12.8. The van der Waals surface area contributed by atoms with E-state index >= 15 is 0 Å². The fourth-order valence-electron chi connectivity index (χ4n) is 3.23. The van der Waals surface area contributed by atoms with E-state index in [0.29, 0.717) is 17.6 Å². The van der Waals surface area contributed by atoms with Crippen molar-refractivity contribution in [3.8, 4) is 0 Å². The third kappa shape index (κ3) is 5.09. The lowest BCUT2D eigenvalue weighted by atomic mass is 10.1. The number of carbonyl (C=O) groups is 2. The van der Waals surface area contributed by atoms with Crippen molar-refractivity contribution in [2.24, 2.45) is 5.73 Å². The summed E-state index contributed by atoms with van der Waals surface area (Å²) in [6, 6.07) is 13.8. The zero-order valence-electron chi connectivity index (χ0n) is 16.4. The van der Waals surface area contributed by atoms with Gasteiger partial charge in [0.1, 0.15) is 5.82 Å². The molecule has 1 aliphatic carbocycles. The van der Waals surface area contributed by atoms with Crippen LogP contribution in [0.25, 0.3) is 0 Å². The molecule has 1 aliphatic rings. The molecule has 156 valence electrons. The van der Waals surface area contributed by atoms with E-state index < -0.39 is 0 Å². The van der Waals surface area contributed by atoms with Crippen LogP contribution in [0.2, 0.25) is 0 Å². The highest BCUT2D eigenvalue weighted by atomic mass is 32.2. The zero-order valence-corrected chi connectivity index (χ0v) is 18.0. The highest BCUT2D eigenvalue weighted by molar-refractivity contribution is 7.99. The van der Waals surface area contributed by atoms with Crippen LogP contribution in [0.5, 0.6) is 0 Å². The van der Waals surface area contributed by atoms with Gasteiger partial charge in [-0.1, -0.05) is 48.2 Å². The van der Waals surface area contributed by atoms with Crippen molar-refractivity contribution in [1.82, 2.24) is 20.1 Å². The van der Waals surface area contributed by atoms with Gasteiger partial charge in [0.05, 0.1) is 11.8 Å². The quantitative estimate of drug-likeness (QED) is 0.471. The van der Waals surface area contributed by atoms with Crippen molar-refractivity contribution in [3.63, 3.8) is 0 Å². The number of aromatic nitrogens is 3. The van der Waals surface area contributed by atoms with Crippen molar-refractivity contribution < 1.29 is 9.59 Å². The topological polar surface area (TPSA) is 103 Å². The first-order valence-electron chi connectivity index (χ1n) is 9.83. The van der Waals surface area contributed by atoms with Crippen molar-refractivity contribution in [1.29, 1.82) is 0 Å². The molecule has 30 heavy (non-hydrogen) atoms. The van der Waals surface area contributed by atoms with Crippen LogP contribution in [0.15, 0.2) is 53.0 Å². The molecule has 0 aliphatic heterocycles. The van der Waals surface area contributed by atoms with E-state index in [1.54, 1.807) is 11.3 Å². The Morgan fingerprint density at radius 3 is 2.67 bits per heavy atom. The maximum atomic E-state index is 12.8. The van der Waals surface area contributed by atoms with E-state index in [4.69, 9.17) is 5.73 Å². The first-order chi connectivity index (χ1) is 14.6. The van der Waals surface area contributed by atoms with E-state index in [1.165, 1.54) is 11.8 Å². The van der Waals surface area contributed by atoms with Crippen LogP contribution in [0, 0.1) is 0 Å². The summed E-state index contributed by atoms with van der Waals surface area (Å²) in [5.74, 6) is 1.06. The van der Waals surface area contributed by atoms with Crippen LogP contribution in [0.1, 0.15) is 47.5 Å². The van der Waals surface area contributed by atoms with Crippen LogP contribution >= 0.6 is 23.1 Å². The summed E-state index contributed by atoms with van der Waals surface area (Å²) in [6.07, 6.45) is 2.39. The number of rotatable bonds is 10. The van der Waals surface area contributed by atoms with Gasteiger partial charge >= 0.3 is 0 Å². The SMILES string of the molecule is NC(=O)CCn1c(SCC(=O)NC(c2ccccc2)c2cccs2)nnc1C1CC1. The molecule has 2 amide bonds. The molecule has 1 unspecified atom stereocenters. The fourth-order valence-corrected chi connectivity index (χ4v) is 4.82. The molecule has 7 nitrogen and oxygen atoms in total. The van der Waals surface area contributed by atoms with Crippen molar-refractivity contribution in [2.75, 3.05) is 5.75 Å². The molecule has 1 saturated carbocycles. The summed E-state index contributed by atoms with van der Waals surface area (Å²) < 4.78 is 1.94. The van der Waals surface area contributed by atoms with Crippen LogP contribution in [-0.2, 0) is 16.1 Å². The van der Waals surface area contributed by atoms with E-state index in [0.717, 1.165) is 29.1 Å². The third-order valence-corrected chi connectivity index (χ3v) is 6.77. The van der Waals surface area contributed by atoms with Crippen LogP contribution in [0.4, 0.5) is 0 Å². The second-order valence-electron chi connectivity index (χ2n) is 7.20. The van der Waals surface area contributed by atoms with E-state index in [-0.39, 0.29) is 30.0 Å². The Bertz CT molecular complexity index is 1000. The lowest BCUT2D eigenvalue weighted by molar-refractivity contribution is -0.119. The fraction of sp³-hybridized carbons (Fsp3) is 0.333. The monoisotopic (exact) mass is 441 g/mol. The highest BCUT2D eigenvalue weighted by Crippen LogP contribution is 2.40. The minimum atomic E-state index is -0.360. The lowest BCUT2D eigenvalue weighted by Gasteiger charge is -2.18. The number of primary amides is 1. The summed E-state index contributed by atoms with van der Waals surface area (Å²) in [7, 11) is 0. The van der Waals surface area contributed by atoms with Gasteiger partial charge in [-0.05, 0) is 29.9 Å². The lowest BCUT2D eigenvalue weighted by Crippen LogP contribution is -2.30. The van der Waals surface area contributed by atoms with Gasteiger partial charge in [-0.3, -0.25) is 9.59 Å². The average Bonchev–Trinajstić information content (AvgIpc) is 3.29. The zero-order chi connectivity index (χ0) is 20.9. The van der Waals surface area contributed by atoms with E-state index in [9.17, 15) is 9.59 Å². The number of hydrogen-bond donors (Lipinski definition) is 2. The summed E-state index contributed by atoms with van der Waals surface area (Å²) >= 11 is 2.95. The first kappa shape index (κ1) is 20.6. The molecular weight excluding hydrogens is 418 g/mol. The molecule has 1 aromatic carbocycles. The normalized spacial score (nSPS) is 14.4.